The third-order valence-electron chi connectivity index (χ3n) is 5.64. The summed E-state index contributed by atoms with van der Waals surface area (Å²) < 4.78 is 34.1. The fourth-order valence-electron chi connectivity index (χ4n) is 3.87. The molecule has 0 bridgehead atoms. The van der Waals surface area contributed by atoms with Crippen LogP contribution in [0, 0.1) is 0 Å². The van der Waals surface area contributed by atoms with Crippen molar-refractivity contribution >= 4 is 33.4 Å². The van der Waals surface area contributed by atoms with Gasteiger partial charge in [0.25, 0.3) is 10.0 Å². The average Bonchev–Trinajstić information content (AvgIpc) is 2.86. The number of hydrogen-bond donors (Lipinski definition) is 1. The molecule has 2 aromatic carbocycles. The van der Waals surface area contributed by atoms with Crippen molar-refractivity contribution in [3.8, 4) is 0 Å². The first-order valence-electron chi connectivity index (χ1n) is 12.7. The smallest absolute Gasteiger partial charge is 0.410 e. The topological polar surface area (TPSA) is 79.0 Å². The molecule has 1 aliphatic heterocycles. The molecule has 7 nitrogen and oxygen atoms in total. The van der Waals surface area contributed by atoms with Crippen LogP contribution in [-0.2, 0) is 21.2 Å². The van der Waals surface area contributed by atoms with Crippen LogP contribution in [0.4, 0.5) is 10.5 Å². The molecule has 0 radical (unpaired) electrons. The monoisotopic (exact) mass is 537 g/mol. The number of halogens is 1. The number of amides is 1. The Morgan fingerprint density at radius 2 is 1.72 bits per heavy atom. The largest absolute Gasteiger partial charge is 0.444 e. The van der Waals surface area contributed by atoms with Crippen molar-refractivity contribution in [2.75, 3.05) is 37.5 Å². The number of benzene rings is 2. The average molecular weight is 538 g/mol. The number of ether oxygens (including phenoxy) is 1. The predicted octanol–water partition coefficient (Wildman–Crippen LogP) is 5.72. The summed E-state index contributed by atoms with van der Waals surface area (Å²) >= 11 is 5.95. The first-order valence-corrected chi connectivity index (χ1v) is 14.6. The SMILES string of the molecule is CCC.CCCCN(CCCNC)C(=O)OC1Cc2ccccc2N(S(=O)(=O)c2ccc(Cl)cc2)C1. The quantitative estimate of drug-likeness (QED) is 0.392. The summed E-state index contributed by atoms with van der Waals surface area (Å²) in [7, 11) is -1.97. The Hall–Kier alpha value is -2.29. The van der Waals surface area contributed by atoms with Gasteiger partial charge in [-0.25, -0.2) is 13.2 Å². The van der Waals surface area contributed by atoms with Gasteiger partial charge in [0.05, 0.1) is 17.1 Å². The molecule has 1 atom stereocenters. The number of carbonyl (C=O) groups excluding carboxylic acids is 1. The number of para-hydroxylation sites is 1. The van der Waals surface area contributed by atoms with E-state index in [0.717, 1.165) is 31.4 Å². The molecule has 1 amide bonds. The van der Waals surface area contributed by atoms with Gasteiger partial charge < -0.3 is 15.0 Å². The summed E-state index contributed by atoms with van der Waals surface area (Å²) in [5.74, 6) is 0. The predicted molar refractivity (Wildman–Crippen MR) is 147 cm³/mol. The van der Waals surface area contributed by atoms with E-state index in [-0.39, 0.29) is 11.4 Å². The summed E-state index contributed by atoms with van der Waals surface area (Å²) in [5, 5.41) is 3.55. The number of hydrogen-bond acceptors (Lipinski definition) is 5. The van der Waals surface area contributed by atoms with E-state index in [9.17, 15) is 13.2 Å². The van der Waals surface area contributed by atoms with E-state index in [4.69, 9.17) is 16.3 Å². The normalized spacial score (nSPS) is 14.9. The van der Waals surface area contributed by atoms with E-state index in [0.29, 0.717) is 30.2 Å². The van der Waals surface area contributed by atoms with Gasteiger partial charge in [0.2, 0.25) is 0 Å². The van der Waals surface area contributed by atoms with Gasteiger partial charge in [-0.05, 0) is 62.3 Å². The number of fused-ring (bicyclic) bond motifs is 1. The van der Waals surface area contributed by atoms with E-state index >= 15 is 0 Å². The molecule has 0 fully saturated rings. The lowest BCUT2D eigenvalue weighted by Crippen LogP contribution is -2.46. The van der Waals surface area contributed by atoms with Gasteiger partial charge in [0.1, 0.15) is 6.10 Å². The molecule has 200 valence electrons. The molecule has 3 rings (SSSR count). The molecule has 0 aromatic heterocycles. The maximum atomic E-state index is 13.5. The number of nitrogens with one attached hydrogen (secondary N) is 1. The Kier molecular flexibility index (Phi) is 12.5. The number of sulfonamides is 1. The van der Waals surface area contributed by atoms with Crippen LogP contribution in [0.15, 0.2) is 53.4 Å². The van der Waals surface area contributed by atoms with Crippen molar-refractivity contribution in [1.82, 2.24) is 10.2 Å². The number of rotatable bonds is 10. The van der Waals surface area contributed by atoms with E-state index in [1.165, 1.54) is 22.9 Å². The molecule has 0 saturated carbocycles. The zero-order chi connectivity index (χ0) is 26.6. The minimum Gasteiger partial charge on any atom is -0.444 e. The number of anilines is 1. The maximum Gasteiger partial charge on any atom is 0.410 e. The third kappa shape index (κ3) is 8.39. The van der Waals surface area contributed by atoms with Gasteiger partial charge in [0, 0.05) is 24.5 Å². The fourth-order valence-corrected chi connectivity index (χ4v) is 5.53. The Labute approximate surface area is 221 Å². The number of nitrogens with zero attached hydrogens (tertiary/aromatic N) is 2. The number of unbranched alkanes of at least 4 members (excludes halogenated alkanes) is 1. The van der Waals surface area contributed by atoms with Crippen molar-refractivity contribution in [2.24, 2.45) is 0 Å². The van der Waals surface area contributed by atoms with Gasteiger partial charge in [-0.3, -0.25) is 4.31 Å². The van der Waals surface area contributed by atoms with Gasteiger partial charge in [-0.2, -0.15) is 0 Å². The molecule has 0 spiro atoms. The summed E-state index contributed by atoms with van der Waals surface area (Å²) in [6.45, 7) is 8.41. The lowest BCUT2D eigenvalue weighted by molar-refractivity contribution is 0.0642. The van der Waals surface area contributed by atoms with Crippen LogP contribution in [0.3, 0.4) is 0 Å². The Morgan fingerprint density at radius 3 is 2.36 bits per heavy atom. The zero-order valence-corrected chi connectivity index (χ0v) is 23.4. The van der Waals surface area contributed by atoms with E-state index < -0.39 is 22.2 Å². The molecule has 2 aromatic rings. The second-order valence-electron chi connectivity index (χ2n) is 8.83. The first-order chi connectivity index (χ1) is 17.3. The van der Waals surface area contributed by atoms with Gasteiger partial charge in [-0.15, -0.1) is 0 Å². The molecule has 1 N–H and O–H groups in total. The van der Waals surface area contributed by atoms with Crippen molar-refractivity contribution in [1.29, 1.82) is 0 Å². The molecule has 36 heavy (non-hydrogen) atoms. The van der Waals surface area contributed by atoms with Crippen LogP contribution in [0.2, 0.25) is 5.02 Å². The van der Waals surface area contributed by atoms with Crippen LogP contribution < -0.4 is 9.62 Å². The van der Waals surface area contributed by atoms with E-state index in [1.54, 1.807) is 23.1 Å². The molecular formula is C27H40ClN3O4S. The van der Waals surface area contributed by atoms with Crippen molar-refractivity contribution in [3.05, 3.63) is 59.1 Å². The lowest BCUT2D eigenvalue weighted by atomic mass is 10.0. The summed E-state index contributed by atoms with van der Waals surface area (Å²) in [6.07, 6.45) is 3.42. The van der Waals surface area contributed by atoms with Gasteiger partial charge in [0.15, 0.2) is 0 Å². The zero-order valence-electron chi connectivity index (χ0n) is 21.9. The molecule has 1 heterocycles. The van der Waals surface area contributed by atoms with Crippen molar-refractivity contribution < 1.29 is 17.9 Å². The maximum absolute atomic E-state index is 13.5. The minimum atomic E-state index is -3.85. The van der Waals surface area contributed by atoms with Crippen LogP contribution in [0.5, 0.6) is 0 Å². The van der Waals surface area contributed by atoms with E-state index in [2.05, 4.69) is 26.1 Å². The molecular weight excluding hydrogens is 498 g/mol. The lowest BCUT2D eigenvalue weighted by Gasteiger charge is -2.35. The Morgan fingerprint density at radius 1 is 1.08 bits per heavy atom. The highest BCUT2D eigenvalue weighted by Crippen LogP contribution is 2.33. The molecule has 1 unspecified atom stereocenters. The van der Waals surface area contributed by atoms with Gasteiger partial charge in [-0.1, -0.05) is 63.4 Å². The second kappa shape index (κ2) is 15.1. The third-order valence-corrected chi connectivity index (χ3v) is 7.69. The Balaban J connectivity index is 0.00000145. The second-order valence-corrected chi connectivity index (χ2v) is 11.1. The molecule has 1 aliphatic rings. The minimum absolute atomic E-state index is 0.0614. The highest BCUT2D eigenvalue weighted by Gasteiger charge is 2.35. The number of carbonyl (C=O) groups is 1. The van der Waals surface area contributed by atoms with Crippen molar-refractivity contribution in [2.45, 2.75) is 63.9 Å². The highest BCUT2D eigenvalue weighted by atomic mass is 35.5. The molecule has 0 aliphatic carbocycles. The summed E-state index contributed by atoms with van der Waals surface area (Å²) in [6, 6.07) is 13.4. The molecule has 0 saturated heterocycles. The first kappa shape index (κ1) is 29.9. The Bertz CT molecular complexity index is 1050. The van der Waals surface area contributed by atoms with Crippen LogP contribution in [-0.4, -0.2) is 58.7 Å². The van der Waals surface area contributed by atoms with Gasteiger partial charge >= 0.3 is 6.09 Å². The van der Waals surface area contributed by atoms with Crippen LogP contribution >= 0.6 is 11.6 Å². The van der Waals surface area contributed by atoms with Crippen molar-refractivity contribution in [3.63, 3.8) is 0 Å². The van der Waals surface area contributed by atoms with Crippen LogP contribution in [0.25, 0.3) is 0 Å². The fraction of sp³-hybridized carbons (Fsp3) is 0.519. The standard InChI is InChI=1S/C24H32ClN3O4S.C3H8/c1-3-4-15-27(16-7-14-26-2)24(29)32-21-17-19-8-5-6-9-23(19)28(18-21)33(30,31)22-12-10-20(25)11-13-22;1-3-2/h5-6,8-13,21,26H,3-4,7,14-18H2,1-2H3;3H2,1-2H3. The molecule has 9 heteroatoms. The summed E-state index contributed by atoms with van der Waals surface area (Å²) in [4.78, 5) is 14.9. The summed E-state index contributed by atoms with van der Waals surface area (Å²) in [5.41, 5.74) is 1.44. The van der Waals surface area contributed by atoms with E-state index in [1.807, 2.05) is 25.2 Å². The van der Waals surface area contributed by atoms with Crippen LogP contribution in [0.1, 0.15) is 52.0 Å². The highest BCUT2D eigenvalue weighted by molar-refractivity contribution is 7.92.